The van der Waals surface area contributed by atoms with E-state index in [0.717, 1.165) is 24.6 Å². The summed E-state index contributed by atoms with van der Waals surface area (Å²) in [6.45, 7) is 6.38. The van der Waals surface area contributed by atoms with Crippen LogP contribution in [0, 0.1) is 0 Å². The molecular formula is C11H17ClN4. The Labute approximate surface area is 101 Å². The van der Waals surface area contributed by atoms with Crippen molar-refractivity contribution in [1.29, 1.82) is 0 Å². The first-order valence-electron chi connectivity index (χ1n) is 5.38. The largest absolute Gasteiger partial charge is 0.357 e. The summed E-state index contributed by atoms with van der Waals surface area (Å²) in [5.41, 5.74) is 1.04. The highest BCUT2D eigenvalue weighted by molar-refractivity contribution is 6.29. The van der Waals surface area contributed by atoms with Gasteiger partial charge in [0.1, 0.15) is 5.15 Å². The number of rotatable bonds is 4. The fourth-order valence-corrected chi connectivity index (χ4v) is 1.29. The number of aromatic nitrogens is 1. The van der Waals surface area contributed by atoms with Crippen molar-refractivity contribution in [2.24, 2.45) is 4.99 Å². The molecule has 0 radical (unpaired) electrons. The van der Waals surface area contributed by atoms with E-state index in [9.17, 15) is 0 Å². The lowest BCUT2D eigenvalue weighted by Gasteiger charge is -2.08. The van der Waals surface area contributed by atoms with E-state index in [1.54, 1.807) is 12.3 Å². The number of aliphatic imine (C=N–C) groups is 1. The third-order valence-corrected chi connectivity index (χ3v) is 2.12. The second-order valence-corrected chi connectivity index (χ2v) is 3.60. The highest BCUT2D eigenvalue weighted by Gasteiger charge is 1.96. The Morgan fingerprint density at radius 2 is 2.00 bits per heavy atom. The first kappa shape index (κ1) is 12.8. The Morgan fingerprint density at radius 3 is 2.50 bits per heavy atom. The molecular weight excluding hydrogens is 224 g/mol. The van der Waals surface area contributed by atoms with Gasteiger partial charge in [0.2, 0.25) is 0 Å². The summed E-state index contributed by atoms with van der Waals surface area (Å²) in [6.07, 6.45) is 1.74. The molecule has 0 atom stereocenters. The van der Waals surface area contributed by atoms with Crippen molar-refractivity contribution in [3.8, 4) is 0 Å². The number of guanidine groups is 1. The molecule has 0 aliphatic rings. The molecule has 0 aromatic carbocycles. The van der Waals surface area contributed by atoms with Crippen LogP contribution in [0.4, 0.5) is 0 Å². The molecule has 1 aromatic rings. The number of pyridine rings is 1. The van der Waals surface area contributed by atoms with Gasteiger partial charge < -0.3 is 10.6 Å². The van der Waals surface area contributed by atoms with E-state index in [2.05, 4.69) is 20.6 Å². The van der Waals surface area contributed by atoms with Gasteiger partial charge in [-0.2, -0.15) is 0 Å². The third-order valence-electron chi connectivity index (χ3n) is 1.90. The van der Waals surface area contributed by atoms with Gasteiger partial charge in [-0.15, -0.1) is 0 Å². The molecule has 0 saturated carbocycles. The molecule has 0 fully saturated rings. The van der Waals surface area contributed by atoms with Gasteiger partial charge in [0.05, 0.1) is 6.54 Å². The van der Waals surface area contributed by atoms with Crippen molar-refractivity contribution in [3.05, 3.63) is 29.0 Å². The SMILES string of the molecule is CCNC(=NCc1ccc(Cl)nc1)NCC. The fraction of sp³-hybridized carbons (Fsp3) is 0.455. The molecule has 0 bridgehead atoms. The maximum atomic E-state index is 5.70. The molecule has 2 N–H and O–H groups in total. The Balaban J connectivity index is 2.57. The minimum atomic E-state index is 0.506. The maximum absolute atomic E-state index is 5.70. The van der Waals surface area contributed by atoms with Gasteiger partial charge in [0.15, 0.2) is 5.96 Å². The lowest BCUT2D eigenvalue weighted by atomic mass is 10.3. The van der Waals surface area contributed by atoms with E-state index < -0.39 is 0 Å². The molecule has 0 saturated heterocycles. The van der Waals surface area contributed by atoms with Crippen molar-refractivity contribution in [1.82, 2.24) is 15.6 Å². The van der Waals surface area contributed by atoms with Crippen molar-refractivity contribution < 1.29 is 0 Å². The molecule has 0 unspecified atom stereocenters. The first-order chi connectivity index (χ1) is 7.76. The number of halogens is 1. The van der Waals surface area contributed by atoms with E-state index in [-0.39, 0.29) is 0 Å². The maximum Gasteiger partial charge on any atom is 0.191 e. The molecule has 1 aromatic heterocycles. The van der Waals surface area contributed by atoms with Gasteiger partial charge in [0.25, 0.3) is 0 Å². The van der Waals surface area contributed by atoms with Crippen molar-refractivity contribution >= 4 is 17.6 Å². The van der Waals surface area contributed by atoms with Crippen LogP contribution in [-0.4, -0.2) is 24.0 Å². The summed E-state index contributed by atoms with van der Waals surface area (Å²) >= 11 is 5.70. The van der Waals surface area contributed by atoms with E-state index >= 15 is 0 Å². The van der Waals surface area contributed by atoms with Crippen LogP contribution >= 0.6 is 11.6 Å². The first-order valence-corrected chi connectivity index (χ1v) is 5.76. The lowest BCUT2D eigenvalue weighted by molar-refractivity contribution is 0.838. The molecule has 0 aliphatic heterocycles. The van der Waals surface area contributed by atoms with Gasteiger partial charge in [-0.05, 0) is 25.5 Å². The average molecular weight is 241 g/mol. The molecule has 4 nitrogen and oxygen atoms in total. The molecule has 16 heavy (non-hydrogen) atoms. The standard InChI is InChI=1S/C11H17ClN4/c1-3-13-11(14-4-2)16-8-9-5-6-10(12)15-7-9/h5-7H,3-4,8H2,1-2H3,(H2,13,14,16). The van der Waals surface area contributed by atoms with Gasteiger partial charge >= 0.3 is 0 Å². The predicted octanol–water partition coefficient (Wildman–Crippen LogP) is 1.81. The van der Waals surface area contributed by atoms with Crippen molar-refractivity contribution in [2.45, 2.75) is 20.4 Å². The Bertz CT molecular complexity index is 326. The molecule has 1 rings (SSSR count). The van der Waals surface area contributed by atoms with Crippen LogP contribution in [0.25, 0.3) is 0 Å². The fourth-order valence-electron chi connectivity index (χ4n) is 1.18. The monoisotopic (exact) mass is 240 g/mol. The van der Waals surface area contributed by atoms with Crippen LogP contribution in [0.3, 0.4) is 0 Å². The Hall–Kier alpha value is -1.29. The summed E-state index contributed by atoms with van der Waals surface area (Å²) in [6, 6.07) is 3.70. The molecule has 0 spiro atoms. The second-order valence-electron chi connectivity index (χ2n) is 3.21. The molecule has 0 amide bonds. The molecule has 1 heterocycles. The predicted molar refractivity (Wildman–Crippen MR) is 67.7 cm³/mol. The smallest absolute Gasteiger partial charge is 0.191 e. The van der Waals surface area contributed by atoms with Crippen LogP contribution in [0.15, 0.2) is 23.3 Å². The molecule has 5 heteroatoms. The van der Waals surface area contributed by atoms with E-state index in [0.29, 0.717) is 11.7 Å². The minimum absolute atomic E-state index is 0.506. The van der Waals surface area contributed by atoms with Crippen LogP contribution < -0.4 is 10.6 Å². The van der Waals surface area contributed by atoms with Crippen LogP contribution in [-0.2, 0) is 6.54 Å². The lowest BCUT2D eigenvalue weighted by Crippen LogP contribution is -2.36. The highest BCUT2D eigenvalue weighted by Crippen LogP contribution is 2.05. The minimum Gasteiger partial charge on any atom is -0.357 e. The van der Waals surface area contributed by atoms with Crippen LogP contribution in [0.1, 0.15) is 19.4 Å². The zero-order valence-corrected chi connectivity index (χ0v) is 10.4. The van der Waals surface area contributed by atoms with E-state index in [1.807, 2.05) is 19.9 Å². The second kappa shape index (κ2) is 7.06. The summed E-state index contributed by atoms with van der Waals surface area (Å²) in [4.78, 5) is 8.42. The third kappa shape index (κ3) is 4.49. The van der Waals surface area contributed by atoms with Crippen LogP contribution in [0.5, 0.6) is 0 Å². The summed E-state index contributed by atoms with van der Waals surface area (Å²) in [5, 5.41) is 6.82. The Kier molecular flexibility index (Phi) is 5.64. The number of hydrogen-bond donors (Lipinski definition) is 2. The van der Waals surface area contributed by atoms with Gasteiger partial charge in [-0.3, -0.25) is 0 Å². The number of nitrogens with zero attached hydrogens (tertiary/aromatic N) is 2. The van der Waals surface area contributed by atoms with Crippen molar-refractivity contribution in [2.75, 3.05) is 13.1 Å². The zero-order chi connectivity index (χ0) is 11.8. The topological polar surface area (TPSA) is 49.3 Å². The summed E-state index contributed by atoms with van der Waals surface area (Å²) in [5.74, 6) is 0.819. The van der Waals surface area contributed by atoms with E-state index in [1.165, 1.54) is 0 Å². The van der Waals surface area contributed by atoms with Crippen molar-refractivity contribution in [3.63, 3.8) is 0 Å². The molecule has 88 valence electrons. The number of hydrogen-bond acceptors (Lipinski definition) is 2. The van der Waals surface area contributed by atoms with Crippen LogP contribution in [0.2, 0.25) is 5.15 Å². The highest BCUT2D eigenvalue weighted by atomic mass is 35.5. The van der Waals surface area contributed by atoms with E-state index in [4.69, 9.17) is 11.6 Å². The Morgan fingerprint density at radius 1 is 1.31 bits per heavy atom. The quantitative estimate of drug-likeness (QED) is 0.480. The average Bonchev–Trinajstić information content (AvgIpc) is 2.29. The van der Waals surface area contributed by atoms with Gasteiger partial charge in [-0.1, -0.05) is 17.7 Å². The summed E-state index contributed by atoms with van der Waals surface area (Å²) < 4.78 is 0. The normalized spacial score (nSPS) is 9.69. The summed E-state index contributed by atoms with van der Waals surface area (Å²) in [7, 11) is 0. The van der Waals surface area contributed by atoms with Gasteiger partial charge in [0, 0.05) is 19.3 Å². The number of nitrogens with one attached hydrogen (secondary N) is 2. The zero-order valence-electron chi connectivity index (χ0n) is 9.63. The molecule has 0 aliphatic carbocycles. The van der Waals surface area contributed by atoms with Gasteiger partial charge in [-0.25, -0.2) is 9.98 Å².